The first-order valence-corrected chi connectivity index (χ1v) is 26.6. The summed E-state index contributed by atoms with van der Waals surface area (Å²) in [6.45, 7) is 34.8. The summed E-state index contributed by atoms with van der Waals surface area (Å²) >= 11 is 1.78. The van der Waals surface area contributed by atoms with Gasteiger partial charge < -0.3 is 9.80 Å². The van der Waals surface area contributed by atoms with Gasteiger partial charge in [-0.1, -0.05) is 139 Å². The third kappa shape index (κ3) is 8.54. The number of rotatable bonds is 5. The molecule has 0 unspecified atom stereocenters. The highest BCUT2D eigenvalue weighted by atomic mass is 32.1. The Hall–Kier alpha value is -5.27. The highest BCUT2D eigenvalue weighted by molar-refractivity contribution is 7.17. The van der Waals surface area contributed by atoms with Crippen LogP contribution in [0.3, 0.4) is 0 Å². The number of anilines is 6. The Kier molecular flexibility index (Phi) is 11.4. The maximum atomic E-state index is 14.3. The van der Waals surface area contributed by atoms with E-state index in [4.69, 9.17) is 0 Å². The zero-order chi connectivity index (χ0) is 51.2. The molecule has 1 aromatic heterocycles. The molecule has 10 rings (SSSR count). The van der Waals surface area contributed by atoms with Gasteiger partial charge in [-0.05, 0) is 182 Å². The molecule has 2 nitrogen and oxygen atoms in total. The summed E-state index contributed by atoms with van der Waals surface area (Å²) in [5, 5.41) is 3.54. The zero-order valence-corrected chi connectivity index (χ0v) is 45.6. The minimum absolute atomic E-state index is 0.0224. The van der Waals surface area contributed by atoms with Gasteiger partial charge in [-0.3, -0.25) is 0 Å². The van der Waals surface area contributed by atoms with Crippen molar-refractivity contribution in [3.8, 4) is 11.1 Å². The highest BCUT2D eigenvalue weighted by Gasteiger charge is 2.43. The normalized spacial score (nSPS) is 17.7. The topological polar surface area (TPSA) is 6.48 Å². The highest BCUT2D eigenvalue weighted by Crippen LogP contribution is 2.54. The van der Waals surface area contributed by atoms with E-state index >= 15 is 0 Å². The van der Waals surface area contributed by atoms with Crippen LogP contribution in [-0.2, 0) is 38.7 Å². The fourth-order valence-corrected chi connectivity index (χ4v) is 12.7. The van der Waals surface area contributed by atoms with Gasteiger partial charge in [0, 0.05) is 43.8 Å². The van der Waals surface area contributed by atoms with Gasteiger partial charge in [-0.2, -0.15) is 13.2 Å². The molecular formula is C64H71BF3N2S. The van der Waals surface area contributed by atoms with Crippen molar-refractivity contribution in [1.29, 1.82) is 0 Å². The Labute approximate surface area is 427 Å². The summed E-state index contributed by atoms with van der Waals surface area (Å²) in [6, 6.07) is 36.4. The average Bonchev–Trinajstić information content (AvgIpc) is 3.70. The molecule has 7 heteroatoms. The molecule has 0 N–H and O–H groups in total. The summed E-state index contributed by atoms with van der Waals surface area (Å²) in [5.74, 6) is 0. The first-order valence-electron chi connectivity index (χ1n) is 25.7. The van der Waals surface area contributed by atoms with Crippen molar-refractivity contribution in [2.75, 3.05) is 9.80 Å². The lowest BCUT2D eigenvalue weighted by Crippen LogP contribution is -2.44. The van der Waals surface area contributed by atoms with Crippen LogP contribution < -0.4 is 20.7 Å². The average molecular weight is 968 g/mol. The van der Waals surface area contributed by atoms with Crippen molar-refractivity contribution < 1.29 is 13.2 Å². The molecule has 3 aliphatic rings. The van der Waals surface area contributed by atoms with Crippen molar-refractivity contribution in [2.24, 2.45) is 0 Å². The predicted octanol–water partition coefficient (Wildman–Crippen LogP) is 18.1. The van der Waals surface area contributed by atoms with E-state index in [9.17, 15) is 13.2 Å². The molecule has 0 saturated carbocycles. The van der Waals surface area contributed by atoms with Gasteiger partial charge in [0.15, 0.2) is 7.28 Å². The molecular weight excluding hydrogens is 897 g/mol. The Morgan fingerprint density at radius 2 is 1.04 bits per heavy atom. The van der Waals surface area contributed by atoms with E-state index in [1.807, 2.05) is 0 Å². The van der Waals surface area contributed by atoms with E-state index in [2.05, 4.69) is 205 Å². The van der Waals surface area contributed by atoms with Gasteiger partial charge in [0.2, 0.25) is 0 Å². The lowest BCUT2D eigenvalue weighted by Gasteiger charge is -2.46. The number of fused-ring (bicyclic) bond motifs is 5. The second-order valence-electron chi connectivity index (χ2n) is 25.9. The van der Waals surface area contributed by atoms with Crippen molar-refractivity contribution in [2.45, 2.75) is 168 Å². The molecule has 0 atom stereocenters. The van der Waals surface area contributed by atoms with Gasteiger partial charge in [0.05, 0.1) is 16.9 Å². The SMILES string of the molecule is Cc1cc2c(c(N(c3ccc(C(C)(C)C)cc3)c3csc4ccc(C(C)(C)C)cc34)c1)[B]c1cc3c(cc1N2c1cc2c(cc1-c1ccc(C(F)(F)F)cc1)C(C)(C)CCC2(C)C)C(C)(C)CCC3(C)C. The van der Waals surface area contributed by atoms with E-state index in [1.54, 1.807) is 23.5 Å². The Morgan fingerprint density at radius 3 is 1.59 bits per heavy atom. The molecule has 2 heterocycles. The predicted molar refractivity (Wildman–Crippen MR) is 299 cm³/mol. The molecule has 71 heavy (non-hydrogen) atoms. The largest absolute Gasteiger partial charge is 0.416 e. The third-order valence-corrected chi connectivity index (χ3v) is 17.6. The minimum atomic E-state index is -4.45. The van der Waals surface area contributed by atoms with Crippen LogP contribution in [0.25, 0.3) is 21.2 Å². The number of hydrogen-bond donors (Lipinski definition) is 0. The number of alkyl halides is 3. The number of nitrogens with zero attached hydrogens (tertiary/aromatic N) is 2. The molecule has 0 saturated heterocycles. The molecule has 367 valence electrons. The number of thiophene rings is 1. The van der Waals surface area contributed by atoms with E-state index in [0.717, 1.165) is 87.4 Å². The van der Waals surface area contributed by atoms with Crippen LogP contribution in [0.15, 0.2) is 109 Å². The van der Waals surface area contributed by atoms with Crippen molar-refractivity contribution in [3.05, 3.63) is 153 Å². The fraction of sp³-hybridized carbons (Fsp3) is 0.406. The minimum Gasteiger partial charge on any atom is -0.311 e. The standard InChI is InChI=1S/C64H71BF3N2S/c1-38-30-53(69(43-23-20-40(21-24-43)58(2,3)4)55-37-71-56-25-22-42(32-45(55)56)59(5,6)7)57-54(31-38)70(52-36-49-47(34-50(52)65-57)61(10,11)27-29-63(49,14)15)51-35-48-46(60(8,9)26-28-62(48,12)13)33-44(51)39-16-18-41(19-17-39)64(66,67)68/h16-25,30-37H,26-29H2,1-15H3. The van der Waals surface area contributed by atoms with Crippen LogP contribution in [0.1, 0.15) is 167 Å². The summed E-state index contributed by atoms with van der Waals surface area (Å²) < 4.78 is 44.0. The fourth-order valence-electron chi connectivity index (χ4n) is 11.8. The molecule has 0 spiro atoms. The van der Waals surface area contributed by atoms with Gasteiger partial charge in [-0.15, -0.1) is 11.3 Å². The van der Waals surface area contributed by atoms with Crippen molar-refractivity contribution >= 4 is 73.8 Å². The Balaban J connectivity index is 1.32. The summed E-state index contributed by atoms with van der Waals surface area (Å²) in [5.41, 5.74) is 18.2. The molecule has 0 bridgehead atoms. The quantitative estimate of drug-likeness (QED) is 0.159. The molecule has 0 fully saturated rings. The van der Waals surface area contributed by atoms with Gasteiger partial charge in [-0.25, -0.2) is 0 Å². The monoisotopic (exact) mass is 968 g/mol. The van der Waals surface area contributed by atoms with Crippen LogP contribution in [0, 0.1) is 6.92 Å². The van der Waals surface area contributed by atoms with E-state index in [0.29, 0.717) is 0 Å². The second kappa shape index (κ2) is 16.4. The first-order chi connectivity index (χ1) is 32.9. The summed E-state index contributed by atoms with van der Waals surface area (Å²) in [7, 11) is 2.43. The number of hydrogen-bond acceptors (Lipinski definition) is 3. The summed E-state index contributed by atoms with van der Waals surface area (Å²) in [4.78, 5) is 4.98. The molecule has 6 aromatic carbocycles. The van der Waals surface area contributed by atoms with E-state index in [-0.39, 0.29) is 32.5 Å². The first kappa shape index (κ1) is 49.3. The summed E-state index contributed by atoms with van der Waals surface area (Å²) in [6.07, 6.45) is -0.239. The van der Waals surface area contributed by atoms with Gasteiger partial charge >= 0.3 is 6.18 Å². The second-order valence-corrected chi connectivity index (χ2v) is 26.8. The maximum Gasteiger partial charge on any atom is 0.416 e. The molecule has 2 aliphatic carbocycles. The number of aryl methyl sites for hydroxylation is 1. The molecule has 7 aromatic rings. The Bertz CT molecular complexity index is 3240. The van der Waals surface area contributed by atoms with Crippen LogP contribution in [0.5, 0.6) is 0 Å². The molecule has 1 radical (unpaired) electrons. The smallest absolute Gasteiger partial charge is 0.311 e. The lowest BCUT2D eigenvalue weighted by molar-refractivity contribution is -0.137. The number of halogens is 3. The number of benzene rings is 6. The Morgan fingerprint density at radius 1 is 0.535 bits per heavy atom. The van der Waals surface area contributed by atoms with Crippen LogP contribution in [0.4, 0.5) is 47.3 Å². The molecule has 0 amide bonds. The maximum absolute atomic E-state index is 14.3. The third-order valence-electron chi connectivity index (χ3n) is 16.7. The van der Waals surface area contributed by atoms with Crippen molar-refractivity contribution in [1.82, 2.24) is 0 Å². The van der Waals surface area contributed by atoms with Gasteiger partial charge in [0.1, 0.15) is 0 Å². The van der Waals surface area contributed by atoms with Crippen LogP contribution in [0.2, 0.25) is 0 Å². The molecule has 1 aliphatic heterocycles. The van der Waals surface area contributed by atoms with E-state index in [1.165, 1.54) is 55.6 Å². The van der Waals surface area contributed by atoms with Crippen LogP contribution >= 0.6 is 11.3 Å². The van der Waals surface area contributed by atoms with Crippen molar-refractivity contribution in [3.63, 3.8) is 0 Å². The van der Waals surface area contributed by atoms with Crippen LogP contribution in [-0.4, -0.2) is 7.28 Å². The zero-order valence-electron chi connectivity index (χ0n) is 44.7. The lowest BCUT2D eigenvalue weighted by atomic mass is 9.55. The van der Waals surface area contributed by atoms with E-state index < -0.39 is 11.7 Å². The van der Waals surface area contributed by atoms with Gasteiger partial charge in [0.25, 0.3) is 0 Å².